The molecular weight excluding hydrogens is 464 g/mol. The van der Waals surface area contributed by atoms with Crippen molar-refractivity contribution in [3.8, 4) is 5.95 Å². The van der Waals surface area contributed by atoms with Gasteiger partial charge in [-0.3, -0.25) is 10.1 Å². The van der Waals surface area contributed by atoms with Crippen LogP contribution in [0.4, 0.5) is 11.8 Å². The first kappa shape index (κ1) is 21.7. The molecule has 1 amide bonds. The number of carbonyl (C=O) groups is 1. The average Bonchev–Trinajstić information content (AvgIpc) is 3.34. The van der Waals surface area contributed by atoms with Crippen LogP contribution in [-0.2, 0) is 19.4 Å². The summed E-state index contributed by atoms with van der Waals surface area (Å²) in [6.07, 6.45) is 1.17. The Morgan fingerprint density at radius 3 is 2.76 bits per heavy atom. The minimum Gasteiger partial charge on any atom is -0.377 e. The van der Waals surface area contributed by atoms with Crippen LogP contribution in [-0.4, -0.2) is 65.9 Å². The second-order valence-electron chi connectivity index (χ2n) is 7.96. The Morgan fingerprint density at radius 1 is 1.24 bits per heavy atom. The van der Waals surface area contributed by atoms with Crippen LogP contribution < -0.4 is 10.2 Å². The third kappa shape index (κ3) is 3.83. The Bertz CT molecular complexity index is 1490. The highest BCUT2D eigenvalue weighted by Crippen LogP contribution is 2.37. The van der Waals surface area contributed by atoms with Crippen molar-refractivity contribution < 1.29 is 17.9 Å². The fraction of sp³-hybridized carbons (Fsp3) is 0.333. The summed E-state index contributed by atoms with van der Waals surface area (Å²) in [5.74, 6) is 0.844. The highest BCUT2D eigenvalue weighted by Gasteiger charge is 2.28. The lowest BCUT2D eigenvalue weighted by molar-refractivity contribution is -0.114. The summed E-state index contributed by atoms with van der Waals surface area (Å²) in [5.41, 5.74) is 1.70. The van der Waals surface area contributed by atoms with Crippen LogP contribution in [0.25, 0.3) is 27.2 Å². The highest BCUT2D eigenvalue weighted by atomic mass is 32.2. The van der Waals surface area contributed by atoms with Crippen molar-refractivity contribution >= 4 is 60.1 Å². The lowest BCUT2D eigenvalue weighted by atomic mass is 10.2. The Balaban J connectivity index is 1.84. The summed E-state index contributed by atoms with van der Waals surface area (Å²) in [6, 6.07) is 7.43. The highest BCUT2D eigenvalue weighted by molar-refractivity contribution is 7.91. The zero-order valence-electron chi connectivity index (χ0n) is 18.3. The monoisotopic (exact) mass is 486 g/mol. The normalized spacial score (nSPS) is 17.1. The van der Waals surface area contributed by atoms with Gasteiger partial charge >= 0.3 is 0 Å². The van der Waals surface area contributed by atoms with E-state index in [4.69, 9.17) is 9.72 Å². The maximum absolute atomic E-state index is 12.5. The minimum absolute atomic E-state index is 0.0443. The van der Waals surface area contributed by atoms with Crippen molar-refractivity contribution in [2.24, 2.45) is 0 Å². The third-order valence-electron chi connectivity index (χ3n) is 5.44. The van der Waals surface area contributed by atoms with Gasteiger partial charge in [-0.1, -0.05) is 12.1 Å². The Labute approximate surface area is 194 Å². The maximum atomic E-state index is 12.5. The second-order valence-corrected chi connectivity index (χ2v) is 10.8. The number of para-hydroxylation sites is 2. The molecule has 4 aromatic rings. The summed E-state index contributed by atoms with van der Waals surface area (Å²) in [5, 5.41) is 4.34. The first-order valence-electron chi connectivity index (χ1n) is 10.3. The molecule has 0 saturated carbocycles. The molecule has 1 aliphatic rings. The van der Waals surface area contributed by atoms with E-state index in [2.05, 4.69) is 20.2 Å². The van der Waals surface area contributed by atoms with Crippen LogP contribution >= 0.6 is 11.3 Å². The Morgan fingerprint density at radius 2 is 2.03 bits per heavy atom. The summed E-state index contributed by atoms with van der Waals surface area (Å²) in [4.78, 5) is 28.2. The number of benzene rings is 1. The molecule has 0 spiro atoms. The zero-order valence-corrected chi connectivity index (χ0v) is 19.9. The van der Waals surface area contributed by atoms with Crippen LogP contribution in [0.15, 0.2) is 34.5 Å². The van der Waals surface area contributed by atoms with Gasteiger partial charge in [-0.2, -0.15) is 4.98 Å². The SMILES string of the molecule is CC(=O)Nc1nc2ccccc2n1-c1nc(N2CCOC[C@H]2C)c2scc(S(C)(=O)=O)c2n1. The standard InChI is InChI=1S/C21H22N6O4S2/c1-12-10-31-9-8-26(12)19-18-17(16(11-32-18)33(3,29)30)24-21(25-19)27-15-7-5-4-6-14(15)23-20(27)22-13(2)28/h4-7,11-12H,8-10H2,1-3H3,(H,22,23,28)/t12-/m1/s1. The van der Waals surface area contributed by atoms with E-state index in [1.54, 1.807) is 9.95 Å². The summed E-state index contributed by atoms with van der Waals surface area (Å²) in [7, 11) is -3.52. The number of sulfone groups is 1. The number of thiophene rings is 1. The quantitative estimate of drug-likeness (QED) is 0.468. The molecule has 12 heteroatoms. The van der Waals surface area contributed by atoms with Crippen LogP contribution in [0.5, 0.6) is 0 Å². The van der Waals surface area contributed by atoms with Crippen LogP contribution in [0.1, 0.15) is 13.8 Å². The van der Waals surface area contributed by atoms with E-state index in [-0.39, 0.29) is 28.7 Å². The van der Waals surface area contributed by atoms with Crippen LogP contribution in [0.2, 0.25) is 0 Å². The van der Waals surface area contributed by atoms with Gasteiger partial charge in [0, 0.05) is 25.1 Å². The van der Waals surface area contributed by atoms with Gasteiger partial charge in [-0.25, -0.2) is 23.0 Å². The number of aromatic nitrogens is 4. The number of nitrogens with one attached hydrogen (secondary N) is 1. The van der Waals surface area contributed by atoms with E-state index in [0.717, 1.165) is 0 Å². The molecule has 33 heavy (non-hydrogen) atoms. The number of imidazole rings is 1. The molecule has 0 unspecified atom stereocenters. The number of amides is 1. The number of hydrogen-bond donors (Lipinski definition) is 1. The predicted octanol–water partition coefficient (Wildman–Crippen LogP) is 2.62. The first-order chi connectivity index (χ1) is 15.7. The molecule has 1 saturated heterocycles. The van der Waals surface area contributed by atoms with Gasteiger partial charge in [0.2, 0.25) is 17.8 Å². The van der Waals surface area contributed by atoms with Crippen LogP contribution in [0.3, 0.4) is 0 Å². The molecule has 172 valence electrons. The van der Waals surface area contributed by atoms with Gasteiger partial charge in [-0.15, -0.1) is 11.3 Å². The number of nitrogens with zero attached hydrogens (tertiary/aromatic N) is 5. The van der Waals surface area contributed by atoms with Crippen molar-refractivity contribution in [1.29, 1.82) is 0 Å². The number of morpholine rings is 1. The van der Waals surface area contributed by atoms with Crippen molar-refractivity contribution in [3.05, 3.63) is 29.6 Å². The molecule has 0 bridgehead atoms. The predicted molar refractivity (Wildman–Crippen MR) is 127 cm³/mol. The zero-order chi connectivity index (χ0) is 23.3. The number of ether oxygens (including phenoxy) is 1. The van der Waals surface area contributed by atoms with Crippen molar-refractivity contribution in [2.75, 3.05) is 36.2 Å². The van der Waals surface area contributed by atoms with Crippen LogP contribution in [0, 0.1) is 0 Å². The first-order valence-corrected chi connectivity index (χ1v) is 13.1. The molecule has 0 radical (unpaired) electrons. The van der Waals surface area contributed by atoms with E-state index < -0.39 is 9.84 Å². The largest absolute Gasteiger partial charge is 0.377 e. The lowest BCUT2D eigenvalue weighted by Gasteiger charge is -2.34. The van der Waals surface area contributed by atoms with Gasteiger partial charge < -0.3 is 9.64 Å². The van der Waals surface area contributed by atoms with E-state index >= 15 is 0 Å². The van der Waals surface area contributed by atoms with E-state index in [1.807, 2.05) is 31.2 Å². The van der Waals surface area contributed by atoms with Crippen molar-refractivity contribution in [2.45, 2.75) is 24.8 Å². The van der Waals surface area contributed by atoms with E-state index in [1.165, 1.54) is 24.5 Å². The molecule has 1 N–H and O–H groups in total. The Kier molecular flexibility index (Phi) is 5.30. The number of anilines is 2. The summed E-state index contributed by atoms with van der Waals surface area (Å²) < 4.78 is 33.0. The average molecular weight is 487 g/mol. The van der Waals surface area contributed by atoms with E-state index in [9.17, 15) is 13.2 Å². The summed E-state index contributed by atoms with van der Waals surface area (Å²) in [6.45, 7) is 5.13. The van der Waals surface area contributed by atoms with Gasteiger partial charge in [0.05, 0.1) is 35.0 Å². The molecule has 4 heterocycles. The third-order valence-corrected chi connectivity index (χ3v) is 7.67. The molecule has 1 aliphatic heterocycles. The molecule has 1 fully saturated rings. The van der Waals surface area contributed by atoms with Gasteiger partial charge in [0.15, 0.2) is 15.7 Å². The molecular formula is C21H22N6O4S2. The van der Waals surface area contributed by atoms with Gasteiger partial charge in [0.25, 0.3) is 0 Å². The fourth-order valence-electron chi connectivity index (χ4n) is 3.94. The number of rotatable bonds is 4. The lowest BCUT2D eigenvalue weighted by Crippen LogP contribution is -2.44. The molecule has 5 rings (SSSR count). The van der Waals surface area contributed by atoms with E-state index in [0.29, 0.717) is 46.8 Å². The molecule has 3 aromatic heterocycles. The topological polar surface area (TPSA) is 119 Å². The molecule has 10 nitrogen and oxygen atoms in total. The maximum Gasteiger partial charge on any atom is 0.239 e. The van der Waals surface area contributed by atoms with Gasteiger partial charge in [-0.05, 0) is 19.1 Å². The van der Waals surface area contributed by atoms with Crippen molar-refractivity contribution in [1.82, 2.24) is 19.5 Å². The molecule has 0 aliphatic carbocycles. The molecule has 1 aromatic carbocycles. The fourth-order valence-corrected chi connectivity index (χ4v) is 6.22. The van der Waals surface area contributed by atoms with Crippen molar-refractivity contribution in [3.63, 3.8) is 0 Å². The van der Waals surface area contributed by atoms with Gasteiger partial charge in [0.1, 0.15) is 10.4 Å². The number of hydrogen-bond acceptors (Lipinski definition) is 9. The Hall–Kier alpha value is -3.09. The number of fused-ring (bicyclic) bond motifs is 2. The number of carbonyl (C=O) groups excluding carboxylic acids is 1. The summed E-state index contributed by atoms with van der Waals surface area (Å²) >= 11 is 1.31. The second kappa shape index (κ2) is 8.04. The molecule has 1 atom stereocenters. The minimum atomic E-state index is -3.52. The smallest absolute Gasteiger partial charge is 0.239 e.